The van der Waals surface area contributed by atoms with Gasteiger partial charge in [-0.2, -0.15) is 4.98 Å². The van der Waals surface area contributed by atoms with E-state index in [0.29, 0.717) is 5.95 Å². The standard InChI is InChI=1S/C16H18N4O/c1-11-8-9-20-15(10-11)18-16(19-20)17-12(2)13-4-6-14(21-3)7-5-13/h4-10,12H,1-3H3,(H,17,19). The van der Waals surface area contributed by atoms with Crippen molar-refractivity contribution in [2.24, 2.45) is 0 Å². The van der Waals surface area contributed by atoms with E-state index in [2.05, 4.69) is 22.3 Å². The third-order valence-corrected chi connectivity index (χ3v) is 3.45. The molecule has 1 unspecified atom stereocenters. The molecule has 0 bridgehead atoms. The molecule has 0 saturated carbocycles. The van der Waals surface area contributed by atoms with Gasteiger partial charge in [0, 0.05) is 6.20 Å². The summed E-state index contributed by atoms with van der Waals surface area (Å²) >= 11 is 0. The van der Waals surface area contributed by atoms with Crippen molar-refractivity contribution < 1.29 is 4.74 Å². The molecule has 0 aliphatic heterocycles. The molecule has 0 aliphatic carbocycles. The molecule has 21 heavy (non-hydrogen) atoms. The maximum Gasteiger partial charge on any atom is 0.243 e. The molecule has 1 N–H and O–H groups in total. The summed E-state index contributed by atoms with van der Waals surface area (Å²) in [5.74, 6) is 1.48. The number of ether oxygens (including phenoxy) is 1. The summed E-state index contributed by atoms with van der Waals surface area (Å²) in [4.78, 5) is 4.49. The van der Waals surface area contributed by atoms with E-state index in [1.807, 2.05) is 49.5 Å². The average molecular weight is 282 g/mol. The molecule has 0 aliphatic rings. The van der Waals surface area contributed by atoms with E-state index < -0.39 is 0 Å². The molecule has 108 valence electrons. The molecule has 0 saturated heterocycles. The van der Waals surface area contributed by atoms with E-state index in [-0.39, 0.29) is 6.04 Å². The van der Waals surface area contributed by atoms with Gasteiger partial charge in [0.1, 0.15) is 5.75 Å². The summed E-state index contributed by atoms with van der Waals surface area (Å²) in [5, 5.41) is 7.74. The lowest BCUT2D eigenvalue weighted by atomic mass is 10.1. The maximum atomic E-state index is 5.17. The second kappa shape index (κ2) is 5.44. The Morgan fingerprint density at radius 2 is 1.95 bits per heavy atom. The third-order valence-electron chi connectivity index (χ3n) is 3.45. The number of nitrogens with one attached hydrogen (secondary N) is 1. The predicted octanol–water partition coefficient (Wildman–Crippen LogP) is 3.22. The van der Waals surface area contributed by atoms with Crippen LogP contribution in [0.1, 0.15) is 24.1 Å². The monoisotopic (exact) mass is 282 g/mol. The number of nitrogens with zero attached hydrogens (tertiary/aromatic N) is 3. The number of benzene rings is 1. The first-order chi connectivity index (χ1) is 10.2. The Bertz CT molecular complexity index is 749. The van der Waals surface area contributed by atoms with Gasteiger partial charge in [-0.3, -0.25) is 0 Å². The molecule has 3 aromatic rings. The van der Waals surface area contributed by atoms with Gasteiger partial charge in [-0.1, -0.05) is 12.1 Å². The SMILES string of the molecule is COc1ccc(C(C)Nc2nc3cc(C)ccn3n2)cc1. The van der Waals surface area contributed by atoms with Gasteiger partial charge in [-0.15, -0.1) is 5.10 Å². The molecule has 1 atom stereocenters. The molecule has 0 spiro atoms. The minimum atomic E-state index is 0.120. The Balaban J connectivity index is 1.79. The number of anilines is 1. The van der Waals surface area contributed by atoms with Crippen LogP contribution >= 0.6 is 0 Å². The number of aryl methyl sites for hydroxylation is 1. The number of rotatable bonds is 4. The molecule has 2 heterocycles. The van der Waals surface area contributed by atoms with Gasteiger partial charge in [0.25, 0.3) is 0 Å². The van der Waals surface area contributed by atoms with E-state index in [1.165, 1.54) is 5.56 Å². The number of fused-ring (bicyclic) bond motifs is 1. The van der Waals surface area contributed by atoms with Crippen molar-refractivity contribution in [3.8, 4) is 5.75 Å². The van der Waals surface area contributed by atoms with Crippen molar-refractivity contribution in [3.05, 3.63) is 53.7 Å². The molecule has 0 radical (unpaired) electrons. The topological polar surface area (TPSA) is 51.5 Å². The van der Waals surface area contributed by atoms with Crippen molar-refractivity contribution >= 4 is 11.6 Å². The fourth-order valence-corrected chi connectivity index (χ4v) is 2.21. The van der Waals surface area contributed by atoms with Gasteiger partial charge >= 0.3 is 0 Å². The van der Waals surface area contributed by atoms with E-state index in [1.54, 1.807) is 11.6 Å². The zero-order valence-corrected chi connectivity index (χ0v) is 12.4. The first-order valence-corrected chi connectivity index (χ1v) is 6.89. The first kappa shape index (κ1) is 13.4. The summed E-state index contributed by atoms with van der Waals surface area (Å²) in [7, 11) is 1.67. The molecule has 3 rings (SSSR count). The van der Waals surface area contributed by atoms with Crippen molar-refractivity contribution in [3.63, 3.8) is 0 Å². The van der Waals surface area contributed by atoms with Gasteiger partial charge < -0.3 is 10.1 Å². The van der Waals surface area contributed by atoms with Crippen molar-refractivity contribution in [1.29, 1.82) is 0 Å². The lowest BCUT2D eigenvalue weighted by Crippen LogP contribution is -2.07. The highest BCUT2D eigenvalue weighted by molar-refractivity contribution is 5.46. The molecule has 0 fully saturated rings. The zero-order chi connectivity index (χ0) is 14.8. The normalized spacial score (nSPS) is 12.3. The van der Waals surface area contributed by atoms with E-state index in [0.717, 1.165) is 17.0 Å². The van der Waals surface area contributed by atoms with Crippen molar-refractivity contribution in [2.75, 3.05) is 12.4 Å². The number of hydrogen-bond donors (Lipinski definition) is 1. The van der Waals surface area contributed by atoms with Gasteiger partial charge in [0.2, 0.25) is 5.95 Å². The fourth-order valence-electron chi connectivity index (χ4n) is 2.21. The third kappa shape index (κ3) is 2.81. The molecule has 1 aromatic carbocycles. The highest BCUT2D eigenvalue weighted by atomic mass is 16.5. The quantitative estimate of drug-likeness (QED) is 0.798. The van der Waals surface area contributed by atoms with Gasteiger partial charge in [-0.25, -0.2) is 4.52 Å². The second-order valence-electron chi connectivity index (χ2n) is 5.08. The fraction of sp³-hybridized carbons (Fsp3) is 0.250. The van der Waals surface area contributed by atoms with Crippen molar-refractivity contribution in [2.45, 2.75) is 19.9 Å². The Hall–Kier alpha value is -2.56. The van der Waals surface area contributed by atoms with Crippen LogP contribution in [0.15, 0.2) is 42.6 Å². The van der Waals surface area contributed by atoms with Crippen LogP contribution in [0.5, 0.6) is 5.75 Å². The maximum absolute atomic E-state index is 5.17. The largest absolute Gasteiger partial charge is 0.497 e. The summed E-state index contributed by atoms with van der Waals surface area (Å²) in [6.45, 7) is 4.13. The van der Waals surface area contributed by atoms with Crippen LogP contribution in [0.2, 0.25) is 0 Å². The summed E-state index contributed by atoms with van der Waals surface area (Å²) in [5.41, 5.74) is 3.18. The van der Waals surface area contributed by atoms with Crippen LogP contribution in [-0.4, -0.2) is 21.7 Å². The average Bonchev–Trinajstić information content (AvgIpc) is 2.88. The van der Waals surface area contributed by atoms with Crippen molar-refractivity contribution in [1.82, 2.24) is 14.6 Å². The van der Waals surface area contributed by atoms with E-state index in [4.69, 9.17) is 4.74 Å². The Morgan fingerprint density at radius 3 is 2.67 bits per heavy atom. The number of pyridine rings is 1. The second-order valence-corrected chi connectivity index (χ2v) is 5.08. The van der Waals surface area contributed by atoms with E-state index >= 15 is 0 Å². The van der Waals surface area contributed by atoms with Gasteiger partial charge in [0.05, 0.1) is 13.2 Å². The summed E-state index contributed by atoms with van der Waals surface area (Å²) < 4.78 is 6.94. The Morgan fingerprint density at radius 1 is 1.19 bits per heavy atom. The first-order valence-electron chi connectivity index (χ1n) is 6.89. The molecule has 5 nitrogen and oxygen atoms in total. The van der Waals surface area contributed by atoms with Crippen LogP contribution in [-0.2, 0) is 0 Å². The minimum Gasteiger partial charge on any atom is -0.497 e. The molecule has 0 amide bonds. The molecular formula is C16H18N4O. The van der Waals surface area contributed by atoms with Gasteiger partial charge in [0.15, 0.2) is 5.65 Å². The van der Waals surface area contributed by atoms with Gasteiger partial charge in [-0.05, 0) is 49.2 Å². The van der Waals surface area contributed by atoms with Crippen LogP contribution in [0.25, 0.3) is 5.65 Å². The zero-order valence-electron chi connectivity index (χ0n) is 12.4. The van der Waals surface area contributed by atoms with Crippen LogP contribution in [0.4, 0.5) is 5.95 Å². The van der Waals surface area contributed by atoms with Crippen LogP contribution in [0, 0.1) is 6.92 Å². The lowest BCUT2D eigenvalue weighted by molar-refractivity contribution is 0.414. The lowest BCUT2D eigenvalue weighted by Gasteiger charge is -2.12. The predicted molar refractivity (Wildman–Crippen MR) is 82.8 cm³/mol. The number of methoxy groups -OCH3 is 1. The number of aromatic nitrogens is 3. The molecule has 5 heteroatoms. The van der Waals surface area contributed by atoms with Crippen LogP contribution in [0.3, 0.4) is 0 Å². The van der Waals surface area contributed by atoms with E-state index in [9.17, 15) is 0 Å². The molecule has 2 aromatic heterocycles. The smallest absolute Gasteiger partial charge is 0.243 e. The Kier molecular flexibility index (Phi) is 3.48. The molecular weight excluding hydrogens is 264 g/mol. The van der Waals surface area contributed by atoms with Crippen LogP contribution < -0.4 is 10.1 Å². The highest BCUT2D eigenvalue weighted by Gasteiger charge is 2.09. The highest BCUT2D eigenvalue weighted by Crippen LogP contribution is 2.20. The number of hydrogen-bond acceptors (Lipinski definition) is 4. The Labute approximate surface area is 123 Å². The summed E-state index contributed by atoms with van der Waals surface area (Å²) in [6.07, 6.45) is 1.92. The minimum absolute atomic E-state index is 0.120. The summed E-state index contributed by atoms with van der Waals surface area (Å²) in [6, 6.07) is 12.1.